The highest BCUT2D eigenvalue weighted by Gasteiger charge is 2.21. The molecule has 5 nitrogen and oxygen atoms in total. The summed E-state index contributed by atoms with van der Waals surface area (Å²) in [6.07, 6.45) is 4.48. The van der Waals surface area contributed by atoms with Crippen LogP contribution in [0.25, 0.3) is 0 Å². The van der Waals surface area contributed by atoms with Crippen LogP contribution in [0.1, 0.15) is 26.2 Å². The van der Waals surface area contributed by atoms with Crippen molar-refractivity contribution in [2.45, 2.75) is 26.2 Å². The molecule has 0 spiro atoms. The van der Waals surface area contributed by atoms with Gasteiger partial charge in [0.2, 0.25) is 11.5 Å². The van der Waals surface area contributed by atoms with Crippen LogP contribution in [0.2, 0.25) is 0 Å². The van der Waals surface area contributed by atoms with Crippen molar-refractivity contribution in [1.82, 2.24) is 9.88 Å². The number of piperidine rings is 1. The fourth-order valence-electron chi connectivity index (χ4n) is 2.75. The van der Waals surface area contributed by atoms with Crippen LogP contribution >= 0.6 is 0 Å². The summed E-state index contributed by atoms with van der Waals surface area (Å²) in [7, 11) is 1.68. The van der Waals surface area contributed by atoms with E-state index in [1.807, 2.05) is 0 Å². The molecule has 1 fully saturated rings. The largest absolute Gasteiger partial charge is 0.325 e. The van der Waals surface area contributed by atoms with Crippen LogP contribution in [0.15, 0.2) is 23.1 Å². The predicted molar refractivity (Wildman–Crippen MR) is 79.7 cm³/mol. The Morgan fingerprint density at radius 2 is 2.15 bits per heavy atom. The molecule has 0 saturated carbocycles. The van der Waals surface area contributed by atoms with Crippen molar-refractivity contribution < 1.29 is 4.79 Å². The number of aromatic nitrogens is 1. The highest BCUT2D eigenvalue weighted by molar-refractivity contribution is 5.90. The number of rotatable bonds is 4. The van der Waals surface area contributed by atoms with Gasteiger partial charge in [-0.3, -0.25) is 9.59 Å². The van der Waals surface area contributed by atoms with Crippen molar-refractivity contribution in [3.63, 3.8) is 0 Å². The first-order valence-corrected chi connectivity index (χ1v) is 7.23. The number of nitrogens with one attached hydrogen (secondary N) is 2. The summed E-state index contributed by atoms with van der Waals surface area (Å²) in [5.74, 6) is 1.04. The third-order valence-electron chi connectivity index (χ3n) is 4.07. The van der Waals surface area contributed by atoms with E-state index in [0.29, 0.717) is 23.9 Å². The molecule has 0 aromatic carbocycles. The third-order valence-corrected chi connectivity index (χ3v) is 4.07. The van der Waals surface area contributed by atoms with Crippen molar-refractivity contribution in [3.05, 3.63) is 28.7 Å². The molecule has 20 heavy (non-hydrogen) atoms. The molecule has 1 saturated heterocycles. The molecule has 0 aliphatic carbocycles. The Balaban J connectivity index is 1.88. The first kappa shape index (κ1) is 14.8. The second-order valence-electron chi connectivity index (χ2n) is 5.68. The molecule has 1 unspecified atom stereocenters. The van der Waals surface area contributed by atoms with E-state index in [9.17, 15) is 9.59 Å². The van der Waals surface area contributed by atoms with Crippen molar-refractivity contribution in [2.75, 3.05) is 18.4 Å². The number of amides is 1. The lowest BCUT2D eigenvalue weighted by Gasteiger charge is -2.27. The second kappa shape index (κ2) is 6.70. The van der Waals surface area contributed by atoms with Gasteiger partial charge in [0, 0.05) is 25.7 Å². The van der Waals surface area contributed by atoms with Crippen LogP contribution in [0, 0.1) is 11.8 Å². The number of aryl methyl sites for hydroxylation is 1. The number of nitrogens with zero attached hydrogens (tertiary/aromatic N) is 1. The number of pyridine rings is 1. The molecule has 0 radical (unpaired) electrons. The lowest BCUT2D eigenvalue weighted by Crippen LogP contribution is -2.32. The predicted octanol–water partition coefficient (Wildman–Crippen LogP) is 1.35. The van der Waals surface area contributed by atoms with Gasteiger partial charge in [0.25, 0.3) is 0 Å². The lowest BCUT2D eigenvalue weighted by molar-refractivity contribution is -0.117. The van der Waals surface area contributed by atoms with Gasteiger partial charge in [0.05, 0.1) is 5.69 Å². The molecule has 110 valence electrons. The van der Waals surface area contributed by atoms with Crippen molar-refractivity contribution in [2.24, 2.45) is 18.9 Å². The maximum absolute atomic E-state index is 12.0. The average molecular weight is 277 g/mol. The van der Waals surface area contributed by atoms with Gasteiger partial charge >= 0.3 is 0 Å². The Labute approximate surface area is 119 Å². The van der Waals surface area contributed by atoms with Gasteiger partial charge < -0.3 is 15.2 Å². The van der Waals surface area contributed by atoms with Gasteiger partial charge in [-0.25, -0.2) is 0 Å². The fourth-order valence-corrected chi connectivity index (χ4v) is 2.75. The summed E-state index contributed by atoms with van der Waals surface area (Å²) in [5, 5.41) is 6.21. The molecule has 5 heteroatoms. The quantitative estimate of drug-likeness (QED) is 0.873. The summed E-state index contributed by atoms with van der Waals surface area (Å²) in [4.78, 5) is 23.3. The summed E-state index contributed by atoms with van der Waals surface area (Å²) in [6.45, 7) is 4.26. The molecule has 1 amide bonds. The van der Waals surface area contributed by atoms with Gasteiger partial charge in [-0.05, 0) is 43.8 Å². The van der Waals surface area contributed by atoms with Crippen LogP contribution in [-0.2, 0) is 11.8 Å². The molecule has 2 heterocycles. The Morgan fingerprint density at radius 3 is 2.80 bits per heavy atom. The number of carbonyl (C=O) groups excluding carboxylic acids is 1. The van der Waals surface area contributed by atoms with Crippen LogP contribution in [0.4, 0.5) is 5.69 Å². The van der Waals surface area contributed by atoms with E-state index in [0.717, 1.165) is 25.9 Å². The van der Waals surface area contributed by atoms with Crippen LogP contribution < -0.4 is 16.2 Å². The van der Waals surface area contributed by atoms with E-state index in [4.69, 9.17) is 0 Å². The maximum Gasteiger partial charge on any atom is 0.250 e. The normalized spacial score (nSPS) is 17.7. The molecule has 1 aliphatic heterocycles. The van der Waals surface area contributed by atoms with E-state index < -0.39 is 0 Å². The van der Waals surface area contributed by atoms with Gasteiger partial charge in [-0.1, -0.05) is 6.92 Å². The van der Waals surface area contributed by atoms with E-state index in [2.05, 4.69) is 17.6 Å². The number of carbonyl (C=O) groups is 1. The number of anilines is 1. The van der Waals surface area contributed by atoms with Gasteiger partial charge in [0.1, 0.15) is 0 Å². The van der Waals surface area contributed by atoms with Gasteiger partial charge in [-0.2, -0.15) is 0 Å². The minimum Gasteiger partial charge on any atom is -0.325 e. The minimum absolute atomic E-state index is 0.0229. The van der Waals surface area contributed by atoms with E-state index >= 15 is 0 Å². The zero-order chi connectivity index (χ0) is 14.5. The van der Waals surface area contributed by atoms with Crippen molar-refractivity contribution >= 4 is 11.6 Å². The molecular weight excluding hydrogens is 254 g/mol. The molecule has 1 atom stereocenters. The molecular formula is C15H23N3O2. The second-order valence-corrected chi connectivity index (χ2v) is 5.68. The number of hydrogen-bond acceptors (Lipinski definition) is 3. The fraction of sp³-hybridized carbons (Fsp3) is 0.600. The summed E-state index contributed by atoms with van der Waals surface area (Å²) in [6, 6.07) is 3.11. The average Bonchev–Trinajstić information content (AvgIpc) is 2.44. The Hall–Kier alpha value is -1.62. The van der Waals surface area contributed by atoms with E-state index in [1.165, 1.54) is 10.6 Å². The lowest BCUT2D eigenvalue weighted by atomic mass is 9.84. The topological polar surface area (TPSA) is 63.1 Å². The summed E-state index contributed by atoms with van der Waals surface area (Å²) < 4.78 is 1.46. The summed E-state index contributed by atoms with van der Waals surface area (Å²) in [5.41, 5.74) is 0.598. The minimum atomic E-state index is -0.0777. The zero-order valence-corrected chi connectivity index (χ0v) is 12.2. The molecule has 0 bridgehead atoms. The maximum atomic E-state index is 12.0. The third kappa shape index (κ3) is 3.93. The van der Waals surface area contributed by atoms with Crippen LogP contribution in [-0.4, -0.2) is 23.6 Å². The van der Waals surface area contributed by atoms with Crippen molar-refractivity contribution in [1.29, 1.82) is 0 Å². The van der Waals surface area contributed by atoms with E-state index in [-0.39, 0.29) is 11.5 Å². The monoisotopic (exact) mass is 277 g/mol. The highest BCUT2D eigenvalue weighted by Crippen LogP contribution is 2.24. The highest BCUT2D eigenvalue weighted by atomic mass is 16.1. The summed E-state index contributed by atoms with van der Waals surface area (Å²) >= 11 is 0. The molecule has 2 rings (SSSR count). The molecule has 1 aromatic heterocycles. The van der Waals surface area contributed by atoms with Gasteiger partial charge in [0.15, 0.2) is 0 Å². The smallest absolute Gasteiger partial charge is 0.250 e. The standard InChI is InChI=1S/C15H23N3O2/c1-11(12-5-7-16-8-6-12)9-14(19)17-13-3-4-15(20)18(2)10-13/h3-4,10-12,16H,5-9H2,1-2H3,(H,17,19). The van der Waals surface area contributed by atoms with Gasteiger partial charge in [-0.15, -0.1) is 0 Å². The Bertz CT molecular complexity index is 518. The van der Waals surface area contributed by atoms with Crippen LogP contribution in [0.5, 0.6) is 0 Å². The Morgan fingerprint density at radius 1 is 1.45 bits per heavy atom. The van der Waals surface area contributed by atoms with E-state index in [1.54, 1.807) is 19.3 Å². The zero-order valence-electron chi connectivity index (χ0n) is 12.2. The Kier molecular flexibility index (Phi) is 4.95. The first-order chi connectivity index (χ1) is 9.56. The van der Waals surface area contributed by atoms with Crippen molar-refractivity contribution in [3.8, 4) is 0 Å². The van der Waals surface area contributed by atoms with Crippen LogP contribution in [0.3, 0.4) is 0 Å². The SMILES string of the molecule is CC(CC(=O)Nc1ccc(=O)n(C)c1)C1CCNCC1. The molecule has 1 aromatic rings. The number of hydrogen-bond donors (Lipinski definition) is 2. The molecule has 2 N–H and O–H groups in total. The molecule has 1 aliphatic rings. The first-order valence-electron chi connectivity index (χ1n) is 7.23.